The highest BCUT2D eigenvalue weighted by atomic mass is 35.5. The summed E-state index contributed by atoms with van der Waals surface area (Å²) in [6, 6.07) is 13.7. The molecule has 2 aromatic rings. The standard InChI is InChI=1S/C22H24ClN3O4/c1-15-7-9-16(10-8-15)22(2)20(28)26(21(29)24-22)14-19(27)25(3)11-12-30-18-6-4-5-17(23)13-18/h4-10,13H,11-12,14H2,1-3H3,(H,24,29). The van der Waals surface area contributed by atoms with Crippen LogP contribution in [0.4, 0.5) is 4.79 Å². The first kappa shape index (κ1) is 21.6. The topological polar surface area (TPSA) is 79.0 Å². The van der Waals surface area contributed by atoms with Gasteiger partial charge in [0, 0.05) is 12.1 Å². The molecule has 158 valence electrons. The van der Waals surface area contributed by atoms with Gasteiger partial charge in [-0.05, 0) is 37.6 Å². The van der Waals surface area contributed by atoms with Crippen molar-refractivity contribution in [1.82, 2.24) is 15.1 Å². The maximum Gasteiger partial charge on any atom is 0.325 e. The van der Waals surface area contributed by atoms with E-state index in [1.54, 1.807) is 50.4 Å². The van der Waals surface area contributed by atoms with E-state index < -0.39 is 17.5 Å². The molecule has 0 radical (unpaired) electrons. The fourth-order valence-electron chi connectivity index (χ4n) is 3.16. The molecule has 0 spiro atoms. The number of carbonyl (C=O) groups excluding carboxylic acids is 3. The number of nitrogens with one attached hydrogen (secondary N) is 1. The number of rotatable bonds is 7. The van der Waals surface area contributed by atoms with E-state index in [9.17, 15) is 14.4 Å². The highest BCUT2D eigenvalue weighted by Gasteiger charge is 2.49. The van der Waals surface area contributed by atoms with Gasteiger partial charge in [0.25, 0.3) is 5.91 Å². The summed E-state index contributed by atoms with van der Waals surface area (Å²) in [5.74, 6) is -0.207. The molecule has 1 atom stereocenters. The molecule has 1 fully saturated rings. The second-order valence-corrected chi connectivity index (χ2v) is 7.87. The Balaban J connectivity index is 1.58. The minimum absolute atomic E-state index is 0.254. The number of amides is 4. The van der Waals surface area contributed by atoms with Crippen LogP contribution in [-0.4, -0.2) is 54.4 Å². The molecular formula is C22H24ClN3O4. The average molecular weight is 430 g/mol. The van der Waals surface area contributed by atoms with Crippen molar-refractivity contribution in [3.05, 3.63) is 64.7 Å². The van der Waals surface area contributed by atoms with Crippen molar-refractivity contribution >= 4 is 29.4 Å². The van der Waals surface area contributed by atoms with Gasteiger partial charge in [-0.3, -0.25) is 14.5 Å². The molecule has 4 amide bonds. The number of ether oxygens (including phenoxy) is 1. The number of hydrogen-bond acceptors (Lipinski definition) is 4. The third-order valence-corrected chi connectivity index (χ3v) is 5.35. The summed E-state index contributed by atoms with van der Waals surface area (Å²) in [5.41, 5.74) is 0.525. The molecular weight excluding hydrogens is 406 g/mol. The summed E-state index contributed by atoms with van der Waals surface area (Å²) in [6.07, 6.45) is 0. The Morgan fingerprint density at radius 1 is 1.20 bits per heavy atom. The molecule has 1 N–H and O–H groups in total. The number of benzene rings is 2. The van der Waals surface area contributed by atoms with E-state index in [4.69, 9.17) is 16.3 Å². The Bertz CT molecular complexity index is 963. The third kappa shape index (κ3) is 4.57. The fourth-order valence-corrected chi connectivity index (χ4v) is 3.34. The molecule has 1 aliphatic heterocycles. The monoisotopic (exact) mass is 429 g/mol. The molecule has 1 unspecified atom stereocenters. The summed E-state index contributed by atoms with van der Waals surface area (Å²) < 4.78 is 5.58. The van der Waals surface area contributed by atoms with Gasteiger partial charge in [-0.25, -0.2) is 4.79 Å². The molecule has 30 heavy (non-hydrogen) atoms. The van der Waals surface area contributed by atoms with E-state index in [1.165, 1.54) is 4.90 Å². The van der Waals surface area contributed by atoms with E-state index in [0.717, 1.165) is 10.5 Å². The number of nitrogens with zero attached hydrogens (tertiary/aromatic N) is 2. The SMILES string of the molecule is Cc1ccc(C2(C)NC(=O)N(CC(=O)N(C)CCOc3cccc(Cl)c3)C2=O)cc1. The van der Waals surface area contributed by atoms with Crippen molar-refractivity contribution in [2.45, 2.75) is 19.4 Å². The molecule has 0 aliphatic carbocycles. The van der Waals surface area contributed by atoms with Gasteiger partial charge in [0.2, 0.25) is 5.91 Å². The molecule has 1 heterocycles. The van der Waals surface area contributed by atoms with Crippen LogP contribution in [0.25, 0.3) is 0 Å². The second-order valence-electron chi connectivity index (χ2n) is 7.43. The summed E-state index contributed by atoms with van der Waals surface area (Å²) >= 11 is 5.91. The summed E-state index contributed by atoms with van der Waals surface area (Å²) in [6.45, 7) is 3.80. The van der Waals surface area contributed by atoms with Crippen LogP contribution in [0.3, 0.4) is 0 Å². The molecule has 0 saturated carbocycles. The minimum atomic E-state index is -1.20. The van der Waals surface area contributed by atoms with Crippen LogP contribution in [0.5, 0.6) is 5.75 Å². The van der Waals surface area contributed by atoms with Gasteiger partial charge in [-0.2, -0.15) is 0 Å². The van der Waals surface area contributed by atoms with Crippen LogP contribution >= 0.6 is 11.6 Å². The highest BCUT2D eigenvalue weighted by Crippen LogP contribution is 2.29. The van der Waals surface area contributed by atoms with Crippen LogP contribution in [0, 0.1) is 6.92 Å². The van der Waals surface area contributed by atoms with Crippen LogP contribution in [0.2, 0.25) is 5.02 Å². The number of hydrogen-bond donors (Lipinski definition) is 1. The first-order valence-corrected chi connectivity index (χ1v) is 9.92. The molecule has 8 heteroatoms. The van der Waals surface area contributed by atoms with E-state index in [1.807, 2.05) is 19.1 Å². The maximum absolute atomic E-state index is 12.9. The summed E-state index contributed by atoms with van der Waals surface area (Å²) in [5, 5.41) is 3.27. The Hall–Kier alpha value is -3.06. The van der Waals surface area contributed by atoms with Gasteiger partial charge < -0.3 is 15.0 Å². The minimum Gasteiger partial charge on any atom is -0.492 e. The van der Waals surface area contributed by atoms with Crippen LogP contribution in [0.15, 0.2) is 48.5 Å². The Labute approximate surface area is 180 Å². The first-order valence-electron chi connectivity index (χ1n) is 9.54. The molecule has 1 saturated heterocycles. The van der Waals surface area contributed by atoms with Crippen molar-refractivity contribution in [2.24, 2.45) is 0 Å². The fraction of sp³-hybridized carbons (Fsp3) is 0.318. The molecule has 0 bridgehead atoms. The predicted octanol–water partition coefficient (Wildman–Crippen LogP) is 2.95. The lowest BCUT2D eigenvalue weighted by molar-refractivity contribution is -0.138. The van der Waals surface area contributed by atoms with Gasteiger partial charge in [0.05, 0.1) is 6.54 Å². The second kappa shape index (κ2) is 8.75. The first-order chi connectivity index (χ1) is 14.2. The number of urea groups is 1. The van der Waals surface area contributed by atoms with Gasteiger partial charge in [0.15, 0.2) is 0 Å². The predicted molar refractivity (Wildman–Crippen MR) is 113 cm³/mol. The Morgan fingerprint density at radius 2 is 1.90 bits per heavy atom. The zero-order chi connectivity index (χ0) is 21.9. The molecule has 2 aromatic carbocycles. The number of halogens is 1. The molecule has 3 rings (SSSR count). The van der Waals surface area contributed by atoms with E-state index >= 15 is 0 Å². The van der Waals surface area contributed by atoms with Gasteiger partial charge in [-0.1, -0.05) is 47.5 Å². The van der Waals surface area contributed by atoms with E-state index in [2.05, 4.69) is 5.32 Å². The number of imide groups is 1. The lowest BCUT2D eigenvalue weighted by Crippen LogP contribution is -2.44. The zero-order valence-electron chi connectivity index (χ0n) is 17.1. The lowest BCUT2D eigenvalue weighted by Gasteiger charge is -2.23. The third-order valence-electron chi connectivity index (χ3n) is 5.11. The van der Waals surface area contributed by atoms with Crippen LogP contribution in [0.1, 0.15) is 18.1 Å². The highest BCUT2D eigenvalue weighted by molar-refractivity contribution is 6.30. The van der Waals surface area contributed by atoms with Crippen molar-refractivity contribution < 1.29 is 19.1 Å². The quantitative estimate of drug-likeness (QED) is 0.686. The summed E-state index contributed by atoms with van der Waals surface area (Å²) in [7, 11) is 1.60. The summed E-state index contributed by atoms with van der Waals surface area (Å²) in [4.78, 5) is 40.3. The number of aryl methyl sites for hydroxylation is 1. The van der Waals surface area contributed by atoms with E-state index in [-0.39, 0.29) is 19.1 Å². The van der Waals surface area contributed by atoms with Gasteiger partial charge >= 0.3 is 6.03 Å². The van der Waals surface area contributed by atoms with Crippen molar-refractivity contribution in [3.63, 3.8) is 0 Å². The van der Waals surface area contributed by atoms with Crippen molar-refractivity contribution in [1.29, 1.82) is 0 Å². The van der Waals surface area contributed by atoms with Crippen LogP contribution in [-0.2, 0) is 15.1 Å². The molecule has 7 nitrogen and oxygen atoms in total. The van der Waals surface area contributed by atoms with Crippen molar-refractivity contribution in [3.8, 4) is 5.75 Å². The normalized spacial score (nSPS) is 18.3. The smallest absolute Gasteiger partial charge is 0.325 e. The van der Waals surface area contributed by atoms with E-state index in [0.29, 0.717) is 22.9 Å². The molecule has 0 aromatic heterocycles. The van der Waals surface area contributed by atoms with Crippen molar-refractivity contribution in [2.75, 3.05) is 26.7 Å². The maximum atomic E-state index is 12.9. The van der Waals surface area contributed by atoms with Gasteiger partial charge in [-0.15, -0.1) is 0 Å². The molecule has 1 aliphatic rings. The number of carbonyl (C=O) groups is 3. The Morgan fingerprint density at radius 3 is 2.57 bits per heavy atom. The average Bonchev–Trinajstić information content (AvgIpc) is 2.92. The van der Waals surface area contributed by atoms with Crippen LogP contribution < -0.4 is 10.1 Å². The lowest BCUT2D eigenvalue weighted by atomic mass is 9.91. The zero-order valence-corrected chi connectivity index (χ0v) is 17.9. The Kier molecular flexibility index (Phi) is 6.31. The number of likely N-dealkylation sites (N-methyl/N-ethyl adjacent to an activating group) is 1. The van der Waals surface area contributed by atoms with Gasteiger partial charge in [0.1, 0.15) is 24.4 Å². The largest absolute Gasteiger partial charge is 0.492 e.